The molecule has 0 radical (unpaired) electrons. The summed E-state index contributed by atoms with van der Waals surface area (Å²) in [6.45, 7) is 0. The SMILES string of the molecule is COc1ccc(C2=Nn3c(nc(N)nc3=N)SC2)cc1. The van der Waals surface area contributed by atoms with E-state index in [1.165, 1.54) is 16.4 Å². The Bertz CT molecular complexity index is 737. The van der Waals surface area contributed by atoms with Crippen molar-refractivity contribution < 1.29 is 4.74 Å². The van der Waals surface area contributed by atoms with Crippen LogP contribution in [0.1, 0.15) is 5.56 Å². The number of ether oxygens (including phenoxy) is 1. The Kier molecular flexibility index (Phi) is 3.15. The van der Waals surface area contributed by atoms with Crippen molar-refractivity contribution in [3.8, 4) is 5.75 Å². The van der Waals surface area contributed by atoms with Gasteiger partial charge in [0.1, 0.15) is 5.75 Å². The van der Waals surface area contributed by atoms with Gasteiger partial charge < -0.3 is 10.5 Å². The molecule has 0 atom stereocenters. The molecule has 8 heteroatoms. The molecule has 7 nitrogen and oxygen atoms in total. The van der Waals surface area contributed by atoms with Crippen LogP contribution in [0.4, 0.5) is 5.95 Å². The third-order valence-corrected chi connectivity index (χ3v) is 3.73. The molecule has 102 valence electrons. The van der Waals surface area contributed by atoms with E-state index < -0.39 is 0 Å². The number of fused-ring (bicyclic) bond motifs is 1. The van der Waals surface area contributed by atoms with Crippen molar-refractivity contribution in [1.82, 2.24) is 14.6 Å². The third kappa shape index (κ3) is 2.25. The molecular formula is C12H12N6OS. The van der Waals surface area contributed by atoms with E-state index in [9.17, 15) is 0 Å². The maximum absolute atomic E-state index is 7.80. The highest BCUT2D eigenvalue weighted by atomic mass is 32.2. The lowest BCUT2D eigenvalue weighted by Gasteiger charge is -2.16. The van der Waals surface area contributed by atoms with Crippen molar-refractivity contribution in [2.75, 3.05) is 18.6 Å². The minimum atomic E-state index is -0.0225. The summed E-state index contributed by atoms with van der Waals surface area (Å²) in [6, 6.07) is 7.63. The van der Waals surface area contributed by atoms with Gasteiger partial charge in [-0.15, -0.1) is 0 Å². The summed E-state index contributed by atoms with van der Waals surface area (Å²) in [5, 5.41) is 12.8. The van der Waals surface area contributed by atoms with Crippen molar-refractivity contribution in [2.45, 2.75) is 5.16 Å². The molecule has 3 rings (SSSR count). The standard InChI is InChI=1S/C12H12N6OS/c1-19-8-4-2-7(3-5-8)9-6-20-12-16-10(13)15-11(14)18(12)17-9/h2-5H,6H2,1H3,(H3,13,14,15). The molecule has 1 aromatic heterocycles. The number of nitrogens with two attached hydrogens (primary N) is 1. The van der Waals surface area contributed by atoms with Gasteiger partial charge >= 0.3 is 0 Å². The maximum atomic E-state index is 7.80. The Morgan fingerprint density at radius 2 is 2.05 bits per heavy atom. The van der Waals surface area contributed by atoms with Crippen molar-refractivity contribution in [3.05, 3.63) is 35.4 Å². The minimum Gasteiger partial charge on any atom is -0.497 e. The molecule has 0 unspecified atom stereocenters. The lowest BCUT2D eigenvalue weighted by molar-refractivity contribution is 0.415. The summed E-state index contributed by atoms with van der Waals surface area (Å²) >= 11 is 1.48. The topological polar surface area (TPSA) is 102 Å². The quantitative estimate of drug-likeness (QED) is 0.847. The lowest BCUT2D eigenvalue weighted by Crippen LogP contribution is -2.28. The van der Waals surface area contributed by atoms with Gasteiger partial charge in [-0.25, -0.2) is 0 Å². The van der Waals surface area contributed by atoms with Crippen LogP contribution < -0.4 is 16.1 Å². The number of thioether (sulfide) groups is 1. The fourth-order valence-corrected chi connectivity index (χ4v) is 2.71. The van der Waals surface area contributed by atoms with E-state index >= 15 is 0 Å². The van der Waals surface area contributed by atoms with E-state index in [1.807, 2.05) is 24.3 Å². The zero-order chi connectivity index (χ0) is 14.1. The van der Waals surface area contributed by atoms with Gasteiger partial charge in [-0.2, -0.15) is 19.7 Å². The van der Waals surface area contributed by atoms with Crippen LogP contribution in [0.2, 0.25) is 0 Å². The van der Waals surface area contributed by atoms with Crippen molar-refractivity contribution >= 4 is 23.4 Å². The number of nitrogens with zero attached hydrogens (tertiary/aromatic N) is 4. The molecular weight excluding hydrogens is 276 g/mol. The lowest BCUT2D eigenvalue weighted by atomic mass is 10.1. The van der Waals surface area contributed by atoms with Crippen LogP contribution in [0.5, 0.6) is 5.75 Å². The fraction of sp³-hybridized carbons (Fsp3) is 0.167. The zero-order valence-corrected chi connectivity index (χ0v) is 11.5. The number of nitrogens with one attached hydrogen (secondary N) is 1. The van der Waals surface area contributed by atoms with Crippen molar-refractivity contribution in [2.24, 2.45) is 5.10 Å². The van der Waals surface area contributed by atoms with Crippen LogP contribution >= 0.6 is 11.8 Å². The zero-order valence-electron chi connectivity index (χ0n) is 10.7. The Hall–Kier alpha value is -2.35. The Balaban J connectivity index is 2.03. The third-order valence-electron chi connectivity index (χ3n) is 2.79. The fourth-order valence-electron chi connectivity index (χ4n) is 1.81. The van der Waals surface area contributed by atoms with Gasteiger partial charge in [0.05, 0.1) is 12.8 Å². The highest BCUT2D eigenvalue weighted by Crippen LogP contribution is 2.22. The number of nitrogen functional groups attached to an aromatic ring is 1. The molecule has 1 aliphatic heterocycles. The van der Waals surface area contributed by atoms with Gasteiger partial charge in [0.2, 0.25) is 11.6 Å². The maximum Gasteiger partial charge on any atom is 0.248 e. The molecule has 3 N–H and O–H groups in total. The van der Waals surface area contributed by atoms with Crippen LogP contribution in [-0.4, -0.2) is 33.2 Å². The number of hydrogen-bond donors (Lipinski definition) is 2. The molecule has 0 fully saturated rings. The molecule has 0 saturated heterocycles. The summed E-state index contributed by atoms with van der Waals surface area (Å²) in [6.07, 6.45) is 0. The number of benzene rings is 1. The molecule has 1 aromatic carbocycles. The number of methoxy groups -OCH3 is 1. The first-order chi connectivity index (χ1) is 9.67. The van der Waals surface area contributed by atoms with Gasteiger partial charge in [0.25, 0.3) is 0 Å². The molecule has 2 aromatic rings. The molecule has 20 heavy (non-hydrogen) atoms. The van der Waals surface area contributed by atoms with E-state index in [4.69, 9.17) is 15.9 Å². The number of rotatable bonds is 2. The van der Waals surface area contributed by atoms with Crippen LogP contribution in [0.3, 0.4) is 0 Å². The predicted octanol–water partition coefficient (Wildman–Crippen LogP) is 0.706. The van der Waals surface area contributed by atoms with Crippen molar-refractivity contribution in [1.29, 1.82) is 5.41 Å². The first-order valence-corrected chi connectivity index (χ1v) is 6.82. The Morgan fingerprint density at radius 3 is 2.75 bits per heavy atom. The highest BCUT2D eigenvalue weighted by molar-refractivity contribution is 7.99. The Labute approximate surface area is 119 Å². The first-order valence-electron chi connectivity index (χ1n) is 5.83. The predicted molar refractivity (Wildman–Crippen MR) is 75.9 cm³/mol. The average molecular weight is 288 g/mol. The van der Waals surface area contributed by atoms with Crippen molar-refractivity contribution in [3.63, 3.8) is 0 Å². The van der Waals surface area contributed by atoms with Gasteiger partial charge in [-0.3, -0.25) is 5.41 Å². The van der Waals surface area contributed by atoms with Gasteiger partial charge in [0.15, 0.2) is 5.16 Å². The number of hydrogen-bond acceptors (Lipinski definition) is 7. The smallest absolute Gasteiger partial charge is 0.248 e. The van der Waals surface area contributed by atoms with Gasteiger partial charge in [-0.05, 0) is 29.8 Å². The van der Waals surface area contributed by atoms with Gasteiger partial charge in [-0.1, -0.05) is 11.8 Å². The minimum absolute atomic E-state index is 0.0225. The monoisotopic (exact) mass is 288 g/mol. The summed E-state index contributed by atoms with van der Waals surface area (Å²) in [4.78, 5) is 7.87. The van der Waals surface area contributed by atoms with E-state index in [2.05, 4.69) is 15.1 Å². The molecule has 2 heterocycles. The molecule has 0 amide bonds. The molecule has 0 saturated carbocycles. The van der Waals surface area contributed by atoms with Crippen LogP contribution in [0.15, 0.2) is 34.5 Å². The normalized spacial score (nSPS) is 13.6. The van der Waals surface area contributed by atoms with Crippen LogP contribution in [0, 0.1) is 5.41 Å². The first kappa shape index (κ1) is 12.7. The number of aromatic nitrogens is 3. The molecule has 0 aliphatic carbocycles. The van der Waals surface area contributed by atoms with Crippen LogP contribution in [0.25, 0.3) is 0 Å². The van der Waals surface area contributed by atoms with E-state index in [1.54, 1.807) is 7.11 Å². The summed E-state index contributed by atoms with van der Waals surface area (Å²) in [5.74, 6) is 1.56. The molecule has 0 bridgehead atoms. The summed E-state index contributed by atoms with van der Waals surface area (Å²) in [5.41, 5.74) is 7.34. The second-order valence-electron chi connectivity index (χ2n) is 4.06. The summed E-state index contributed by atoms with van der Waals surface area (Å²) in [7, 11) is 1.63. The number of anilines is 1. The second-order valence-corrected chi connectivity index (χ2v) is 5.01. The largest absolute Gasteiger partial charge is 0.497 e. The molecule has 0 spiro atoms. The second kappa shape index (κ2) is 4.97. The van der Waals surface area contributed by atoms with E-state index in [0.29, 0.717) is 10.9 Å². The van der Waals surface area contributed by atoms with E-state index in [0.717, 1.165) is 17.0 Å². The summed E-state index contributed by atoms with van der Waals surface area (Å²) < 4.78 is 6.52. The van der Waals surface area contributed by atoms with E-state index in [-0.39, 0.29) is 11.6 Å². The Morgan fingerprint density at radius 1 is 1.30 bits per heavy atom. The van der Waals surface area contributed by atoms with Crippen LogP contribution in [-0.2, 0) is 0 Å². The van der Waals surface area contributed by atoms with Gasteiger partial charge in [0, 0.05) is 5.75 Å². The highest BCUT2D eigenvalue weighted by Gasteiger charge is 2.16. The average Bonchev–Trinajstić information content (AvgIpc) is 2.47. The molecule has 1 aliphatic rings.